The molecule has 2 aromatic carbocycles. The van der Waals surface area contributed by atoms with Crippen LogP contribution in [0.25, 0.3) is 10.8 Å². The van der Waals surface area contributed by atoms with Crippen LogP contribution in [0.1, 0.15) is 42.9 Å². The molecule has 88 valence electrons. The second-order valence-corrected chi connectivity index (χ2v) is 5.31. The van der Waals surface area contributed by atoms with E-state index < -0.39 is 0 Å². The summed E-state index contributed by atoms with van der Waals surface area (Å²) in [6.07, 6.45) is 1.52. The van der Waals surface area contributed by atoms with Crippen LogP contribution in [-0.2, 0) is 0 Å². The maximum atomic E-state index is 10.1. The molecule has 2 aromatic rings. The van der Waals surface area contributed by atoms with E-state index in [1.54, 1.807) is 0 Å². The predicted molar refractivity (Wildman–Crippen MR) is 71.6 cm³/mol. The van der Waals surface area contributed by atoms with E-state index >= 15 is 0 Å². The van der Waals surface area contributed by atoms with Crippen LogP contribution in [-0.4, -0.2) is 5.11 Å². The van der Waals surface area contributed by atoms with Gasteiger partial charge in [-0.1, -0.05) is 42.8 Å². The highest BCUT2D eigenvalue weighted by Crippen LogP contribution is 2.43. The van der Waals surface area contributed by atoms with E-state index in [1.807, 2.05) is 24.3 Å². The van der Waals surface area contributed by atoms with Crippen LogP contribution in [0.4, 0.5) is 0 Å². The lowest BCUT2D eigenvalue weighted by Crippen LogP contribution is -2.13. The van der Waals surface area contributed by atoms with Crippen molar-refractivity contribution >= 4 is 22.4 Å². The molecule has 0 aromatic heterocycles. The lowest BCUT2D eigenvalue weighted by Gasteiger charge is -2.28. The second kappa shape index (κ2) is 4.01. The molecule has 0 aliphatic heterocycles. The van der Waals surface area contributed by atoms with Gasteiger partial charge in [0.2, 0.25) is 0 Å². The zero-order valence-corrected chi connectivity index (χ0v) is 10.5. The minimum Gasteiger partial charge on any atom is -0.388 e. The van der Waals surface area contributed by atoms with Crippen LogP contribution >= 0.6 is 11.6 Å². The Bertz CT molecular complexity index is 576. The third kappa shape index (κ3) is 1.65. The number of aliphatic hydroxyl groups excluding tert-OH is 1. The predicted octanol–water partition coefficient (Wildman–Crippen LogP) is 4.42. The molecule has 0 amide bonds. The first kappa shape index (κ1) is 11.1. The Morgan fingerprint density at radius 3 is 2.65 bits per heavy atom. The highest BCUT2D eigenvalue weighted by molar-refractivity contribution is 6.35. The summed E-state index contributed by atoms with van der Waals surface area (Å²) in [7, 11) is 0. The molecule has 2 unspecified atom stereocenters. The molecule has 3 rings (SSSR count). The summed E-state index contributed by atoms with van der Waals surface area (Å²) in [5, 5.41) is 13.1. The highest BCUT2D eigenvalue weighted by Gasteiger charge is 2.25. The van der Waals surface area contributed by atoms with Gasteiger partial charge in [-0.05, 0) is 41.3 Å². The van der Waals surface area contributed by atoms with Crippen molar-refractivity contribution in [2.75, 3.05) is 0 Å². The number of hydrogen-bond acceptors (Lipinski definition) is 1. The molecule has 1 N–H and O–H groups in total. The van der Waals surface area contributed by atoms with Gasteiger partial charge in [-0.3, -0.25) is 0 Å². The van der Waals surface area contributed by atoms with E-state index in [9.17, 15) is 5.11 Å². The Kier molecular flexibility index (Phi) is 2.61. The summed E-state index contributed by atoms with van der Waals surface area (Å²) < 4.78 is 0. The van der Waals surface area contributed by atoms with Crippen LogP contribution in [0.15, 0.2) is 30.3 Å². The van der Waals surface area contributed by atoms with Gasteiger partial charge < -0.3 is 5.11 Å². The van der Waals surface area contributed by atoms with Gasteiger partial charge in [0.1, 0.15) is 0 Å². The van der Waals surface area contributed by atoms with E-state index in [0.717, 1.165) is 28.8 Å². The number of aliphatic hydroxyl groups is 1. The molecule has 2 heteroatoms. The number of rotatable bonds is 0. The Hall–Kier alpha value is -1.05. The zero-order chi connectivity index (χ0) is 12.0. The summed E-state index contributed by atoms with van der Waals surface area (Å²) in [5.41, 5.74) is 2.30. The van der Waals surface area contributed by atoms with Gasteiger partial charge in [-0.2, -0.15) is 0 Å². The van der Waals surface area contributed by atoms with E-state index in [-0.39, 0.29) is 6.10 Å². The van der Waals surface area contributed by atoms with Crippen molar-refractivity contribution < 1.29 is 5.11 Å². The fraction of sp³-hybridized carbons (Fsp3) is 0.333. The first-order chi connectivity index (χ1) is 8.18. The van der Waals surface area contributed by atoms with Gasteiger partial charge in [0.15, 0.2) is 0 Å². The average molecular weight is 247 g/mol. The third-order valence-electron chi connectivity index (χ3n) is 3.79. The van der Waals surface area contributed by atoms with Gasteiger partial charge in [0.05, 0.1) is 6.10 Å². The van der Waals surface area contributed by atoms with E-state index in [0.29, 0.717) is 5.92 Å². The Labute approximate surface area is 106 Å². The van der Waals surface area contributed by atoms with Crippen molar-refractivity contribution in [1.82, 2.24) is 0 Å². The van der Waals surface area contributed by atoms with Crippen molar-refractivity contribution in [3.05, 3.63) is 46.5 Å². The summed E-state index contributed by atoms with van der Waals surface area (Å²) >= 11 is 6.30. The van der Waals surface area contributed by atoms with Crippen LogP contribution < -0.4 is 0 Å². The monoisotopic (exact) mass is 246 g/mol. The molecule has 0 heterocycles. The smallest absolute Gasteiger partial charge is 0.0793 e. The Morgan fingerprint density at radius 1 is 1.18 bits per heavy atom. The number of halogens is 1. The third-order valence-corrected chi connectivity index (χ3v) is 4.11. The van der Waals surface area contributed by atoms with Gasteiger partial charge >= 0.3 is 0 Å². The summed E-state index contributed by atoms with van der Waals surface area (Å²) in [5.74, 6) is 0.496. The molecule has 0 radical (unpaired) electrons. The fourth-order valence-corrected chi connectivity index (χ4v) is 3.19. The first-order valence-electron chi connectivity index (χ1n) is 6.07. The molecule has 2 atom stereocenters. The molecule has 0 saturated heterocycles. The van der Waals surface area contributed by atoms with Crippen LogP contribution in [0, 0.1) is 0 Å². The van der Waals surface area contributed by atoms with E-state index in [4.69, 9.17) is 11.6 Å². The average Bonchev–Trinajstić information content (AvgIpc) is 2.34. The number of fused-ring (bicyclic) bond motifs is 3. The van der Waals surface area contributed by atoms with Crippen molar-refractivity contribution in [1.29, 1.82) is 0 Å². The fourth-order valence-electron chi connectivity index (χ4n) is 2.91. The lowest BCUT2D eigenvalue weighted by molar-refractivity contribution is 0.152. The minimum absolute atomic E-state index is 0.358. The quantitative estimate of drug-likeness (QED) is 0.729. The van der Waals surface area contributed by atoms with E-state index in [1.165, 1.54) is 10.9 Å². The molecule has 1 nitrogen and oxygen atoms in total. The highest BCUT2D eigenvalue weighted by atomic mass is 35.5. The second-order valence-electron chi connectivity index (χ2n) is 4.90. The molecule has 0 bridgehead atoms. The van der Waals surface area contributed by atoms with Crippen LogP contribution in [0.3, 0.4) is 0 Å². The van der Waals surface area contributed by atoms with Gasteiger partial charge in [0.25, 0.3) is 0 Å². The van der Waals surface area contributed by atoms with Crippen molar-refractivity contribution in [3.63, 3.8) is 0 Å². The largest absolute Gasteiger partial charge is 0.388 e. The van der Waals surface area contributed by atoms with Crippen molar-refractivity contribution in [3.8, 4) is 0 Å². The first-order valence-corrected chi connectivity index (χ1v) is 6.45. The SMILES string of the molecule is CC1CCC(O)c2cc(Cl)c3ccccc3c21. The van der Waals surface area contributed by atoms with Gasteiger partial charge in [0, 0.05) is 10.4 Å². The molecule has 0 spiro atoms. The van der Waals surface area contributed by atoms with Gasteiger partial charge in [-0.15, -0.1) is 0 Å². The maximum Gasteiger partial charge on any atom is 0.0793 e. The van der Waals surface area contributed by atoms with E-state index in [2.05, 4.69) is 13.0 Å². The standard InChI is InChI=1S/C15H15ClO/c1-9-6-7-14(17)12-8-13(16)10-4-2-3-5-11(10)15(9)12/h2-5,8-9,14,17H,6-7H2,1H3. The minimum atomic E-state index is -0.358. The van der Waals surface area contributed by atoms with Gasteiger partial charge in [-0.25, -0.2) is 0 Å². The normalized spacial score (nSPS) is 23.7. The molecule has 1 aliphatic carbocycles. The van der Waals surface area contributed by atoms with Crippen LogP contribution in [0.5, 0.6) is 0 Å². The van der Waals surface area contributed by atoms with Crippen LogP contribution in [0.2, 0.25) is 5.02 Å². The van der Waals surface area contributed by atoms with Crippen molar-refractivity contribution in [2.45, 2.75) is 31.8 Å². The topological polar surface area (TPSA) is 20.2 Å². The molecule has 0 fully saturated rings. The zero-order valence-electron chi connectivity index (χ0n) is 9.78. The molecule has 17 heavy (non-hydrogen) atoms. The summed E-state index contributed by atoms with van der Waals surface area (Å²) in [6, 6.07) is 10.1. The number of hydrogen-bond donors (Lipinski definition) is 1. The number of benzene rings is 2. The lowest BCUT2D eigenvalue weighted by atomic mass is 9.79. The Balaban J connectivity index is 2.41. The molecular formula is C15H15ClO. The van der Waals surface area contributed by atoms with Crippen molar-refractivity contribution in [2.24, 2.45) is 0 Å². The maximum absolute atomic E-state index is 10.1. The molecule has 0 saturated carbocycles. The molecular weight excluding hydrogens is 232 g/mol. The Morgan fingerprint density at radius 2 is 1.88 bits per heavy atom. The molecule has 1 aliphatic rings. The summed E-state index contributed by atoms with van der Waals surface area (Å²) in [4.78, 5) is 0. The summed E-state index contributed by atoms with van der Waals surface area (Å²) in [6.45, 7) is 2.23.